The third-order valence-corrected chi connectivity index (χ3v) is 0.905. The molecule has 1 heterocycles. The van der Waals surface area contributed by atoms with Gasteiger partial charge in [-0.2, -0.15) is 0 Å². The standard InChI is InChI=1S/C4H7NO3/c5-4(6)8-3-1-2-7-3/h3H,1-2H2,(H2,5,6). The van der Waals surface area contributed by atoms with Crippen LogP contribution in [0.15, 0.2) is 0 Å². The van der Waals surface area contributed by atoms with Crippen LogP contribution < -0.4 is 5.73 Å². The molecule has 0 spiro atoms. The van der Waals surface area contributed by atoms with E-state index in [1.807, 2.05) is 0 Å². The Hall–Kier alpha value is -0.770. The lowest BCUT2D eigenvalue weighted by molar-refractivity contribution is -0.180. The second-order valence-electron chi connectivity index (χ2n) is 1.53. The van der Waals surface area contributed by atoms with E-state index in [1.165, 1.54) is 0 Å². The number of carbonyl (C=O) groups is 1. The number of hydrogen-bond acceptors (Lipinski definition) is 3. The van der Waals surface area contributed by atoms with Crippen LogP contribution in [0.2, 0.25) is 0 Å². The van der Waals surface area contributed by atoms with Crippen LogP contribution >= 0.6 is 0 Å². The van der Waals surface area contributed by atoms with Crippen LogP contribution in [0.5, 0.6) is 0 Å². The molecule has 0 radical (unpaired) electrons. The van der Waals surface area contributed by atoms with Crippen molar-refractivity contribution in [3.05, 3.63) is 0 Å². The Balaban J connectivity index is 2.09. The average Bonchev–Trinajstić information content (AvgIpc) is 1.55. The van der Waals surface area contributed by atoms with E-state index in [0.29, 0.717) is 6.61 Å². The van der Waals surface area contributed by atoms with Gasteiger partial charge >= 0.3 is 6.09 Å². The van der Waals surface area contributed by atoms with Crippen LogP contribution in [0, 0.1) is 0 Å². The van der Waals surface area contributed by atoms with E-state index < -0.39 is 6.09 Å². The summed E-state index contributed by atoms with van der Waals surface area (Å²) in [5, 5.41) is 0. The Morgan fingerprint density at radius 2 is 2.50 bits per heavy atom. The Kier molecular flexibility index (Phi) is 1.34. The van der Waals surface area contributed by atoms with Crippen LogP contribution in [0.25, 0.3) is 0 Å². The molecular weight excluding hydrogens is 110 g/mol. The molecule has 0 aliphatic carbocycles. The second kappa shape index (κ2) is 2.00. The van der Waals surface area contributed by atoms with Crippen molar-refractivity contribution in [2.45, 2.75) is 12.7 Å². The molecule has 1 fully saturated rings. The molecule has 0 aromatic carbocycles. The van der Waals surface area contributed by atoms with Crippen molar-refractivity contribution in [1.29, 1.82) is 0 Å². The maximum absolute atomic E-state index is 9.92. The first kappa shape index (κ1) is 5.37. The zero-order chi connectivity index (χ0) is 5.98. The van der Waals surface area contributed by atoms with E-state index >= 15 is 0 Å². The molecule has 0 saturated carbocycles. The number of ether oxygens (including phenoxy) is 2. The third kappa shape index (κ3) is 1.10. The number of rotatable bonds is 1. The van der Waals surface area contributed by atoms with Gasteiger partial charge in [-0.05, 0) is 0 Å². The maximum Gasteiger partial charge on any atom is 0.406 e. The first-order valence-corrected chi connectivity index (χ1v) is 2.37. The fraction of sp³-hybridized carbons (Fsp3) is 0.750. The van der Waals surface area contributed by atoms with Gasteiger partial charge < -0.3 is 15.2 Å². The van der Waals surface area contributed by atoms with Crippen molar-refractivity contribution in [3.8, 4) is 0 Å². The highest BCUT2D eigenvalue weighted by Gasteiger charge is 2.20. The van der Waals surface area contributed by atoms with E-state index in [1.54, 1.807) is 0 Å². The predicted molar refractivity (Wildman–Crippen MR) is 25.0 cm³/mol. The molecule has 1 rings (SSSR count). The molecule has 0 bridgehead atoms. The molecule has 0 aromatic rings. The largest absolute Gasteiger partial charge is 0.420 e. The molecule has 46 valence electrons. The molecule has 4 nitrogen and oxygen atoms in total. The maximum atomic E-state index is 9.92. The highest BCUT2D eigenvalue weighted by atomic mass is 16.7. The summed E-state index contributed by atoms with van der Waals surface area (Å²) < 4.78 is 9.12. The molecule has 1 aliphatic heterocycles. The summed E-state index contributed by atoms with van der Waals surface area (Å²) in [4.78, 5) is 9.92. The lowest BCUT2D eigenvalue weighted by atomic mass is 10.3. The van der Waals surface area contributed by atoms with Crippen molar-refractivity contribution < 1.29 is 14.3 Å². The van der Waals surface area contributed by atoms with Gasteiger partial charge in [0.1, 0.15) is 0 Å². The molecule has 1 amide bonds. The molecule has 4 heteroatoms. The minimum atomic E-state index is -0.769. The summed E-state index contributed by atoms with van der Waals surface area (Å²) in [6, 6.07) is 0. The van der Waals surface area contributed by atoms with Gasteiger partial charge in [-0.1, -0.05) is 0 Å². The smallest absolute Gasteiger partial charge is 0.406 e. The topological polar surface area (TPSA) is 61.6 Å². The fourth-order valence-electron chi connectivity index (χ4n) is 0.437. The Morgan fingerprint density at radius 1 is 1.88 bits per heavy atom. The van der Waals surface area contributed by atoms with E-state index in [9.17, 15) is 4.79 Å². The Labute approximate surface area is 46.6 Å². The molecule has 0 aromatic heterocycles. The molecule has 8 heavy (non-hydrogen) atoms. The van der Waals surface area contributed by atoms with E-state index in [2.05, 4.69) is 10.5 Å². The molecular formula is C4H7NO3. The number of hydrogen-bond donors (Lipinski definition) is 1. The monoisotopic (exact) mass is 117 g/mol. The number of primary amides is 1. The van der Waals surface area contributed by atoms with Gasteiger partial charge in [0.15, 0.2) is 0 Å². The van der Waals surface area contributed by atoms with Crippen molar-refractivity contribution in [3.63, 3.8) is 0 Å². The molecule has 1 atom stereocenters. The highest BCUT2D eigenvalue weighted by Crippen LogP contribution is 2.10. The zero-order valence-electron chi connectivity index (χ0n) is 4.29. The Morgan fingerprint density at radius 3 is 2.62 bits per heavy atom. The summed E-state index contributed by atoms with van der Waals surface area (Å²) in [5.74, 6) is 0. The van der Waals surface area contributed by atoms with Gasteiger partial charge in [0.25, 0.3) is 0 Å². The zero-order valence-corrected chi connectivity index (χ0v) is 4.29. The van der Waals surface area contributed by atoms with Gasteiger partial charge in [0.2, 0.25) is 6.29 Å². The summed E-state index contributed by atoms with van der Waals surface area (Å²) in [6.45, 7) is 0.665. The minimum Gasteiger partial charge on any atom is -0.420 e. The lowest BCUT2D eigenvalue weighted by Crippen LogP contribution is -2.33. The number of amides is 1. The van der Waals surface area contributed by atoms with Crippen LogP contribution in [-0.4, -0.2) is 19.0 Å². The van der Waals surface area contributed by atoms with Crippen LogP contribution in [0.4, 0.5) is 4.79 Å². The molecule has 1 aliphatic rings. The van der Waals surface area contributed by atoms with Crippen molar-refractivity contribution in [1.82, 2.24) is 0 Å². The fourth-order valence-corrected chi connectivity index (χ4v) is 0.437. The highest BCUT2D eigenvalue weighted by molar-refractivity contribution is 5.64. The average molecular weight is 117 g/mol. The normalized spacial score (nSPS) is 26.2. The van der Waals surface area contributed by atoms with Crippen molar-refractivity contribution in [2.75, 3.05) is 6.61 Å². The van der Waals surface area contributed by atoms with Crippen molar-refractivity contribution >= 4 is 6.09 Å². The first-order valence-electron chi connectivity index (χ1n) is 2.37. The molecule has 2 N–H and O–H groups in total. The van der Waals surface area contributed by atoms with Crippen LogP contribution in [0.3, 0.4) is 0 Å². The van der Waals surface area contributed by atoms with Gasteiger partial charge in [-0.25, -0.2) is 4.79 Å². The minimum absolute atomic E-state index is 0.368. The van der Waals surface area contributed by atoms with Crippen molar-refractivity contribution in [2.24, 2.45) is 5.73 Å². The predicted octanol–water partition coefficient (Wildman–Crippen LogP) is -0.172. The SMILES string of the molecule is NC(=O)OC1CCO1. The van der Waals surface area contributed by atoms with E-state index in [0.717, 1.165) is 6.42 Å². The summed E-state index contributed by atoms with van der Waals surface area (Å²) >= 11 is 0. The molecule has 1 unspecified atom stereocenters. The van der Waals surface area contributed by atoms with Gasteiger partial charge in [0.05, 0.1) is 6.61 Å². The summed E-state index contributed by atoms with van der Waals surface area (Å²) in [7, 11) is 0. The second-order valence-corrected chi connectivity index (χ2v) is 1.53. The van der Waals surface area contributed by atoms with Gasteiger partial charge in [-0.15, -0.1) is 0 Å². The van der Waals surface area contributed by atoms with Gasteiger partial charge in [0, 0.05) is 6.42 Å². The third-order valence-electron chi connectivity index (χ3n) is 0.905. The summed E-state index contributed by atoms with van der Waals surface area (Å²) in [6.07, 6.45) is -0.370. The number of carbonyl (C=O) groups excluding carboxylic acids is 1. The lowest BCUT2D eigenvalue weighted by Gasteiger charge is -2.24. The van der Waals surface area contributed by atoms with Crippen LogP contribution in [-0.2, 0) is 9.47 Å². The van der Waals surface area contributed by atoms with E-state index in [-0.39, 0.29) is 6.29 Å². The summed E-state index contributed by atoms with van der Waals surface area (Å²) in [5.41, 5.74) is 4.66. The van der Waals surface area contributed by atoms with Crippen LogP contribution in [0.1, 0.15) is 6.42 Å². The van der Waals surface area contributed by atoms with Gasteiger partial charge in [-0.3, -0.25) is 0 Å². The first-order chi connectivity index (χ1) is 3.79. The Bertz CT molecular complexity index is 99.5. The number of nitrogens with two attached hydrogens (primary N) is 1. The quantitative estimate of drug-likeness (QED) is 0.518. The molecule has 1 saturated heterocycles. The van der Waals surface area contributed by atoms with E-state index in [4.69, 9.17) is 4.74 Å².